The van der Waals surface area contributed by atoms with E-state index in [1.165, 1.54) is 6.07 Å². The Labute approximate surface area is 135 Å². The third kappa shape index (κ3) is 4.11. The van der Waals surface area contributed by atoms with E-state index in [-0.39, 0.29) is 12.2 Å². The first-order valence-electron chi connectivity index (χ1n) is 6.61. The van der Waals surface area contributed by atoms with Gasteiger partial charge in [0, 0.05) is 20.1 Å². The number of benzene rings is 1. The fraction of sp³-hybridized carbons (Fsp3) is 0.357. The zero-order valence-electron chi connectivity index (χ0n) is 11.9. The average Bonchev–Trinajstić information content (AvgIpc) is 2.97. The second-order valence-electron chi connectivity index (χ2n) is 4.63. The molecule has 0 amide bonds. The van der Waals surface area contributed by atoms with Gasteiger partial charge in [-0.3, -0.25) is 0 Å². The highest BCUT2D eigenvalue weighted by atomic mass is 79.9. The lowest BCUT2D eigenvalue weighted by Gasteiger charge is -2.04. The van der Waals surface area contributed by atoms with Crippen LogP contribution in [0.1, 0.15) is 23.4 Å². The minimum Gasteiger partial charge on any atom is -0.411 e. The lowest BCUT2D eigenvalue weighted by molar-refractivity contribution is 0.194. The first-order valence-corrected chi connectivity index (χ1v) is 7.40. The lowest BCUT2D eigenvalue weighted by atomic mass is 10.0. The van der Waals surface area contributed by atoms with E-state index in [1.807, 2.05) is 0 Å². The molecule has 2 aromatic rings. The normalized spacial score (nSPS) is 11.9. The summed E-state index contributed by atoms with van der Waals surface area (Å²) in [5, 5.41) is 20.2. The van der Waals surface area contributed by atoms with Crippen molar-refractivity contribution in [2.24, 2.45) is 5.16 Å². The zero-order chi connectivity index (χ0) is 15.9. The monoisotopic (exact) mass is 371 g/mol. The standard InChI is InChI=1S/C14H15BrFN3O3/c1-21-6-2-3-12-14(19-22-18-12)13(17-20)8-9-4-5-11(16)10(15)7-9/h4-5,7,20H,2-3,6,8H2,1H3. The molecule has 0 spiro atoms. The Morgan fingerprint density at radius 3 is 2.95 bits per heavy atom. The molecule has 1 aromatic heterocycles. The SMILES string of the molecule is COCCCc1nonc1C(Cc1ccc(F)c(Br)c1)=NO. The minimum atomic E-state index is -0.352. The fourth-order valence-electron chi connectivity index (χ4n) is 1.98. The predicted molar refractivity (Wildman–Crippen MR) is 80.6 cm³/mol. The Morgan fingerprint density at radius 1 is 1.45 bits per heavy atom. The van der Waals surface area contributed by atoms with Crippen LogP contribution in [0.3, 0.4) is 0 Å². The summed E-state index contributed by atoms with van der Waals surface area (Å²) in [7, 11) is 1.62. The lowest BCUT2D eigenvalue weighted by Crippen LogP contribution is -2.10. The first-order chi connectivity index (χ1) is 10.7. The van der Waals surface area contributed by atoms with Crippen molar-refractivity contribution in [1.29, 1.82) is 0 Å². The van der Waals surface area contributed by atoms with Crippen molar-refractivity contribution in [2.75, 3.05) is 13.7 Å². The average molecular weight is 372 g/mol. The Balaban J connectivity index is 2.15. The van der Waals surface area contributed by atoms with Crippen molar-refractivity contribution in [3.63, 3.8) is 0 Å². The third-order valence-corrected chi connectivity index (χ3v) is 3.68. The predicted octanol–water partition coefficient (Wildman–Crippen LogP) is 2.97. The second-order valence-corrected chi connectivity index (χ2v) is 5.48. The molecule has 118 valence electrons. The number of hydrogen-bond donors (Lipinski definition) is 1. The molecule has 0 aliphatic heterocycles. The summed E-state index contributed by atoms with van der Waals surface area (Å²) in [6.07, 6.45) is 1.62. The van der Waals surface area contributed by atoms with Crippen LogP contribution in [0.15, 0.2) is 32.5 Å². The van der Waals surface area contributed by atoms with Gasteiger partial charge in [0.05, 0.1) is 4.47 Å². The van der Waals surface area contributed by atoms with Gasteiger partial charge in [-0.1, -0.05) is 16.4 Å². The Kier molecular flexibility index (Phi) is 6.02. The van der Waals surface area contributed by atoms with Crippen LogP contribution < -0.4 is 0 Å². The van der Waals surface area contributed by atoms with Gasteiger partial charge in [-0.25, -0.2) is 9.02 Å². The quantitative estimate of drug-likeness (QED) is 0.350. The molecule has 0 saturated carbocycles. The molecule has 22 heavy (non-hydrogen) atoms. The van der Waals surface area contributed by atoms with Gasteiger partial charge in [0.1, 0.15) is 17.2 Å². The van der Waals surface area contributed by atoms with Gasteiger partial charge in [0.25, 0.3) is 0 Å². The molecule has 0 aliphatic rings. The van der Waals surface area contributed by atoms with Crippen LogP contribution in [0.2, 0.25) is 0 Å². The summed E-state index contributed by atoms with van der Waals surface area (Å²) in [5.74, 6) is -0.352. The van der Waals surface area contributed by atoms with E-state index < -0.39 is 0 Å². The minimum absolute atomic E-state index is 0.279. The Bertz CT molecular complexity index is 661. The van der Waals surface area contributed by atoms with E-state index in [0.29, 0.717) is 34.6 Å². The zero-order valence-corrected chi connectivity index (χ0v) is 13.5. The number of methoxy groups -OCH3 is 1. The number of oxime groups is 1. The maximum absolute atomic E-state index is 13.3. The molecule has 6 nitrogen and oxygen atoms in total. The molecule has 0 fully saturated rings. The van der Waals surface area contributed by atoms with Gasteiger partial charge >= 0.3 is 0 Å². The number of aryl methyl sites for hydroxylation is 1. The second kappa shape index (κ2) is 8.00. The van der Waals surface area contributed by atoms with Crippen LogP contribution in [0.5, 0.6) is 0 Å². The van der Waals surface area contributed by atoms with Gasteiger partial charge in [-0.05, 0) is 51.6 Å². The van der Waals surface area contributed by atoms with Crippen molar-refractivity contribution in [1.82, 2.24) is 10.3 Å². The van der Waals surface area contributed by atoms with Crippen molar-refractivity contribution < 1.29 is 19.0 Å². The van der Waals surface area contributed by atoms with Crippen LogP contribution in [0.25, 0.3) is 0 Å². The van der Waals surface area contributed by atoms with Gasteiger partial charge in [0.2, 0.25) is 0 Å². The van der Waals surface area contributed by atoms with Gasteiger partial charge < -0.3 is 9.94 Å². The highest BCUT2D eigenvalue weighted by Crippen LogP contribution is 2.19. The van der Waals surface area contributed by atoms with Crippen LogP contribution >= 0.6 is 15.9 Å². The van der Waals surface area contributed by atoms with Crippen molar-refractivity contribution >= 4 is 21.6 Å². The van der Waals surface area contributed by atoms with Crippen molar-refractivity contribution in [3.05, 3.63) is 45.4 Å². The largest absolute Gasteiger partial charge is 0.411 e. The molecule has 0 radical (unpaired) electrons. The molecular formula is C14H15BrFN3O3. The molecule has 0 aliphatic carbocycles. The van der Waals surface area contributed by atoms with Crippen molar-refractivity contribution in [3.8, 4) is 0 Å². The van der Waals surface area contributed by atoms with E-state index >= 15 is 0 Å². The van der Waals surface area contributed by atoms with E-state index in [1.54, 1.807) is 19.2 Å². The maximum atomic E-state index is 13.3. The van der Waals surface area contributed by atoms with Gasteiger partial charge in [-0.15, -0.1) is 0 Å². The van der Waals surface area contributed by atoms with Crippen LogP contribution in [0.4, 0.5) is 4.39 Å². The summed E-state index contributed by atoms with van der Waals surface area (Å²) < 4.78 is 23.3. The molecule has 2 rings (SSSR count). The highest BCUT2D eigenvalue weighted by Gasteiger charge is 2.17. The van der Waals surface area contributed by atoms with Gasteiger partial charge in [-0.2, -0.15) is 0 Å². The molecular weight excluding hydrogens is 357 g/mol. The topological polar surface area (TPSA) is 80.7 Å². The molecule has 1 heterocycles. The number of hydrogen-bond acceptors (Lipinski definition) is 6. The summed E-state index contributed by atoms with van der Waals surface area (Å²) in [4.78, 5) is 0. The smallest absolute Gasteiger partial charge is 0.156 e. The summed E-state index contributed by atoms with van der Waals surface area (Å²) in [6, 6.07) is 4.58. The summed E-state index contributed by atoms with van der Waals surface area (Å²) in [6.45, 7) is 0.586. The van der Waals surface area contributed by atoms with Crippen LogP contribution in [-0.4, -0.2) is 34.9 Å². The molecule has 0 bridgehead atoms. The first kappa shape index (κ1) is 16.6. The molecule has 0 unspecified atom stereocenters. The summed E-state index contributed by atoms with van der Waals surface area (Å²) in [5.41, 5.74) is 2.09. The van der Waals surface area contributed by atoms with E-state index in [2.05, 4.69) is 31.4 Å². The Hall–Kier alpha value is -1.80. The van der Waals surface area contributed by atoms with E-state index in [4.69, 9.17) is 9.37 Å². The van der Waals surface area contributed by atoms with Gasteiger partial charge in [0.15, 0.2) is 5.69 Å². The highest BCUT2D eigenvalue weighted by molar-refractivity contribution is 9.10. The number of ether oxygens (including phenoxy) is 1. The number of rotatable bonds is 7. The molecule has 1 N–H and O–H groups in total. The number of halogens is 2. The van der Waals surface area contributed by atoms with Crippen LogP contribution in [-0.2, 0) is 17.6 Å². The molecule has 8 heteroatoms. The van der Waals surface area contributed by atoms with E-state index in [0.717, 1.165) is 12.0 Å². The third-order valence-electron chi connectivity index (χ3n) is 3.07. The number of nitrogens with zero attached hydrogens (tertiary/aromatic N) is 3. The molecule has 0 saturated heterocycles. The Morgan fingerprint density at radius 2 is 2.27 bits per heavy atom. The number of aromatic nitrogens is 2. The van der Waals surface area contributed by atoms with Crippen LogP contribution in [0, 0.1) is 5.82 Å². The fourth-order valence-corrected chi connectivity index (χ4v) is 2.41. The van der Waals surface area contributed by atoms with Crippen molar-refractivity contribution in [2.45, 2.75) is 19.3 Å². The summed E-state index contributed by atoms with van der Waals surface area (Å²) >= 11 is 3.13. The molecule has 0 atom stereocenters. The molecule has 1 aromatic carbocycles. The van der Waals surface area contributed by atoms with E-state index in [9.17, 15) is 9.60 Å². The maximum Gasteiger partial charge on any atom is 0.156 e.